The average Bonchev–Trinajstić information content (AvgIpc) is 2.86. The smallest absolute Gasteiger partial charge is 0.0589 e. The van der Waals surface area contributed by atoms with Gasteiger partial charge in [0.25, 0.3) is 0 Å². The summed E-state index contributed by atoms with van der Waals surface area (Å²) in [6, 6.07) is 0.811. The van der Waals surface area contributed by atoms with Gasteiger partial charge < -0.3 is 15.4 Å². The van der Waals surface area contributed by atoms with E-state index in [-0.39, 0.29) is 0 Å². The molecule has 0 spiro atoms. The van der Waals surface area contributed by atoms with Gasteiger partial charge >= 0.3 is 0 Å². The van der Waals surface area contributed by atoms with E-state index in [2.05, 4.69) is 9.80 Å². The van der Waals surface area contributed by atoms with E-state index in [1.54, 1.807) is 7.11 Å². The highest BCUT2D eigenvalue weighted by Crippen LogP contribution is 2.23. The van der Waals surface area contributed by atoms with Gasteiger partial charge in [-0.2, -0.15) is 0 Å². The third-order valence-electron chi connectivity index (χ3n) is 4.34. The van der Waals surface area contributed by atoms with Crippen LogP contribution in [0.4, 0.5) is 0 Å². The Bertz CT molecular complexity index is 217. The summed E-state index contributed by atoms with van der Waals surface area (Å²) in [5.74, 6) is 0.751. The number of nitrogens with zero attached hydrogens (tertiary/aromatic N) is 2. The van der Waals surface area contributed by atoms with Crippen LogP contribution in [0.3, 0.4) is 0 Å². The molecule has 100 valence electrons. The summed E-state index contributed by atoms with van der Waals surface area (Å²) in [5.41, 5.74) is 5.75. The fourth-order valence-corrected chi connectivity index (χ4v) is 3.12. The van der Waals surface area contributed by atoms with Crippen LogP contribution >= 0.6 is 0 Å². The third kappa shape index (κ3) is 3.65. The van der Waals surface area contributed by atoms with Crippen LogP contribution in [0, 0.1) is 5.92 Å². The van der Waals surface area contributed by atoms with Crippen molar-refractivity contribution >= 4 is 0 Å². The van der Waals surface area contributed by atoms with Crippen LogP contribution < -0.4 is 5.73 Å². The van der Waals surface area contributed by atoms with Crippen LogP contribution in [0.25, 0.3) is 0 Å². The summed E-state index contributed by atoms with van der Waals surface area (Å²) in [4.78, 5) is 5.20. The predicted octanol–water partition coefficient (Wildman–Crippen LogP) is 0.378. The summed E-state index contributed by atoms with van der Waals surface area (Å²) in [6.07, 6.45) is 3.95. The number of nitrogens with two attached hydrogens (primary N) is 1. The van der Waals surface area contributed by atoms with Crippen molar-refractivity contribution in [1.29, 1.82) is 0 Å². The average molecular weight is 241 g/mol. The Morgan fingerprint density at radius 1 is 1.18 bits per heavy atom. The Morgan fingerprint density at radius 2 is 1.94 bits per heavy atom. The molecule has 0 saturated carbocycles. The van der Waals surface area contributed by atoms with Gasteiger partial charge in [0, 0.05) is 26.2 Å². The molecule has 2 aliphatic heterocycles. The zero-order valence-corrected chi connectivity index (χ0v) is 11.1. The predicted molar refractivity (Wildman–Crippen MR) is 70.1 cm³/mol. The number of hydrogen-bond donors (Lipinski definition) is 1. The van der Waals surface area contributed by atoms with Gasteiger partial charge in [0.1, 0.15) is 0 Å². The number of rotatable bonds is 5. The van der Waals surface area contributed by atoms with Crippen LogP contribution in [-0.2, 0) is 4.74 Å². The second-order valence-electron chi connectivity index (χ2n) is 5.45. The Kier molecular flexibility index (Phi) is 5.22. The van der Waals surface area contributed by atoms with Gasteiger partial charge in [0.15, 0.2) is 0 Å². The van der Waals surface area contributed by atoms with Gasteiger partial charge in [-0.15, -0.1) is 0 Å². The molecule has 0 bridgehead atoms. The molecular formula is C13H27N3O. The van der Waals surface area contributed by atoms with Gasteiger partial charge in [-0.1, -0.05) is 0 Å². The minimum absolute atomic E-state index is 0.751. The molecular weight excluding hydrogens is 214 g/mol. The summed E-state index contributed by atoms with van der Waals surface area (Å²) in [5, 5.41) is 0. The van der Waals surface area contributed by atoms with Crippen LogP contribution in [0.1, 0.15) is 19.3 Å². The first-order valence-electron chi connectivity index (χ1n) is 6.99. The van der Waals surface area contributed by atoms with Gasteiger partial charge in [-0.05, 0) is 51.4 Å². The number of ether oxygens (including phenoxy) is 1. The summed E-state index contributed by atoms with van der Waals surface area (Å²) >= 11 is 0. The molecule has 0 aromatic heterocycles. The highest BCUT2D eigenvalue weighted by molar-refractivity contribution is 4.85. The van der Waals surface area contributed by atoms with Crippen LogP contribution in [0.5, 0.6) is 0 Å². The van der Waals surface area contributed by atoms with E-state index in [1.165, 1.54) is 45.4 Å². The Hall–Kier alpha value is -0.160. The van der Waals surface area contributed by atoms with E-state index in [9.17, 15) is 0 Å². The van der Waals surface area contributed by atoms with Crippen molar-refractivity contribution in [1.82, 2.24) is 9.80 Å². The topological polar surface area (TPSA) is 41.7 Å². The summed E-state index contributed by atoms with van der Waals surface area (Å²) < 4.78 is 5.13. The molecule has 4 heteroatoms. The lowest BCUT2D eigenvalue weighted by atomic mass is 10.0. The first-order valence-corrected chi connectivity index (χ1v) is 6.99. The SMILES string of the molecule is COCCN1CCC(N2CCC(CN)C2)CC1. The minimum Gasteiger partial charge on any atom is -0.383 e. The number of likely N-dealkylation sites (tertiary alicyclic amines) is 2. The zero-order chi connectivity index (χ0) is 12.1. The van der Waals surface area contributed by atoms with E-state index in [1.807, 2.05) is 0 Å². The largest absolute Gasteiger partial charge is 0.383 e. The van der Waals surface area contributed by atoms with Gasteiger partial charge in [-0.25, -0.2) is 0 Å². The second-order valence-corrected chi connectivity index (χ2v) is 5.45. The second kappa shape index (κ2) is 6.69. The Balaban J connectivity index is 1.68. The number of hydrogen-bond acceptors (Lipinski definition) is 4. The van der Waals surface area contributed by atoms with Gasteiger partial charge in [0.05, 0.1) is 6.61 Å². The van der Waals surface area contributed by atoms with Crippen molar-refractivity contribution in [3.05, 3.63) is 0 Å². The molecule has 2 aliphatic rings. The van der Waals surface area contributed by atoms with E-state index >= 15 is 0 Å². The molecule has 2 saturated heterocycles. The molecule has 1 unspecified atom stereocenters. The lowest BCUT2D eigenvalue weighted by molar-refractivity contribution is 0.0955. The molecule has 4 nitrogen and oxygen atoms in total. The highest BCUT2D eigenvalue weighted by Gasteiger charge is 2.29. The quantitative estimate of drug-likeness (QED) is 0.755. The van der Waals surface area contributed by atoms with E-state index in [0.29, 0.717) is 0 Å². The van der Waals surface area contributed by atoms with Crippen LogP contribution in [0.2, 0.25) is 0 Å². The molecule has 0 radical (unpaired) electrons. The highest BCUT2D eigenvalue weighted by atomic mass is 16.5. The van der Waals surface area contributed by atoms with Crippen LogP contribution in [-0.4, -0.2) is 68.8 Å². The molecule has 0 aliphatic carbocycles. The molecule has 2 N–H and O–H groups in total. The van der Waals surface area contributed by atoms with E-state index in [0.717, 1.165) is 31.7 Å². The van der Waals surface area contributed by atoms with E-state index in [4.69, 9.17) is 10.5 Å². The molecule has 0 amide bonds. The summed E-state index contributed by atoms with van der Waals surface area (Å²) in [7, 11) is 1.78. The summed E-state index contributed by atoms with van der Waals surface area (Å²) in [6.45, 7) is 7.79. The first kappa shape index (κ1) is 13.3. The fraction of sp³-hybridized carbons (Fsp3) is 1.00. The van der Waals surface area contributed by atoms with Crippen molar-refractivity contribution < 1.29 is 4.74 Å². The maximum absolute atomic E-state index is 5.75. The lowest BCUT2D eigenvalue weighted by Crippen LogP contribution is -2.45. The standard InChI is InChI=1S/C13H27N3O/c1-17-9-8-15-5-3-13(4-6-15)16-7-2-12(10-14)11-16/h12-13H,2-11,14H2,1H3. The maximum Gasteiger partial charge on any atom is 0.0589 e. The number of piperidine rings is 1. The Labute approximate surface area is 105 Å². The number of methoxy groups -OCH3 is 1. The molecule has 2 rings (SSSR count). The van der Waals surface area contributed by atoms with Crippen molar-refractivity contribution in [3.63, 3.8) is 0 Å². The van der Waals surface area contributed by atoms with Crippen LogP contribution in [0.15, 0.2) is 0 Å². The normalized spacial score (nSPS) is 28.9. The third-order valence-corrected chi connectivity index (χ3v) is 4.34. The minimum atomic E-state index is 0.751. The maximum atomic E-state index is 5.75. The fourth-order valence-electron chi connectivity index (χ4n) is 3.12. The van der Waals surface area contributed by atoms with Gasteiger partial charge in [-0.3, -0.25) is 4.90 Å². The van der Waals surface area contributed by atoms with Crippen molar-refractivity contribution in [3.8, 4) is 0 Å². The molecule has 0 aromatic carbocycles. The Morgan fingerprint density at radius 3 is 2.53 bits per heavy atom. The molecule has 2 heterocycles. The van der Waals surface area contributed by atoms with Gasteiger partial charge in [0.2, 0.25) is 0 Å². The molecule has 1 atom stereocenters. The lowest BCUT2D eigenvalue weighted by Gasteiger charge is -2.36. The van der Waals surface area contributed by atoms with Crippen molar-refractivity contribution in [2.24, 2.45) is 11.7 Å². The monoisotopic (exact) mass is 241 g/mol. The van der Waals surface area contributed by atoms with Crippen molar-refractivity contribution in [2.45, 2.75) is 25.3 Å². The molecule has 0 aromatic rings. The molecule has 17 heavy (non-hydrogen) atoms. The molecule has 2 fully saturated rings. The zero-order valence-electron chi connectivity index (χ0n) is 11.1. The van der Waals surface area contributed by atoms with E-state index < -0.39 is 0 Å². The first-order chi connectivity index (χ1) is 8.33. The van der Waals surface area contributed by atoms with Crippen molar-refractivity contribution in [2.75, 3.05) is 53.0 Å².